The van der Waals surface area contributed by atoms with Gasteiger partial charge in [0.05, 0.1) is 18.9 Å². The van der Waals surface area contributed by atoms with Gasteiger partial charge in [-0.15, -0.1) is 0 Å². The summed E-state index contributed by atoms with van der Waals surface area (Å²) in [7, 11) is 1.73. The van der Waals surface area contributed by atoms with Crippen molar-refractivity contribution >= 4 is 6.21 Å². The van der Waals surface area contributed by atoms with Gasteiger partial charge in [0.15, 0.2) is 6.29 Å². The summed E-state index contributed by atoms with van der Waals surface area (Å²) in [5.74, 6) is 0. The zero-order chi connectivity index (χ0) is 12.5. The van der Waals surface area contributed by atoms with E-state index in [1.807, 2.05) is 13.8 Å². The molecule has 1 aliphatic heterocycles. The van der Waals surface area contributed by atoms with Crippen LogP contribution in [-0.4, -0.2) is 57.0 Å². The average Bonchev–Trinajstić information content (AvgIpc) is 2.75. The van der Waals surface area contributed by atoms with E-state index in [1.165, 1.54) is 6.42 Å². The molecule has 100 valence electrons. The summed E-state index contributed by atoms with van der Waals surface area (Å²) in [5.41, 5.74) is 0. The molecule has 1 heterocycles. The van der Waals surface area contributed by atoms with E-state index in [2.05, 4.69) is 10.1 Å². The van der Waals surface area contributed by atoms with Crippen LogP contribution in [-0.2, 0) is 14.2 Å². The lowest BCUT2D eigenvalue weighted by Gasteiger charge is -2.21. The van der Waals surface area contributed by atoms with Crippen LogP contribution in [0.3, 0.4) is 0 Å². The minimum absolute atomic E-state index is 0.339. The van der Waals surface area contributed by atoms with Crippen LogP contribution in [0, 0.1) is 0 Å². The molecule has 0 aromatic rings. The Morgan fingerprint density at radius 1 is 1.35 bits per heavy atom. The van der Waals surface area contributed by atoms with Crippen LogP contribution in [0.2, 0.25) is 0 Å². The van der Waals surface area contributed by atoms with E-state index in [0.29, 0.717) is 19.3 Å². The Bertz CT molecular complexity index is 218. The maximum atomic E-state index is 5.41. The molecule has 1 rings (SSSR count). The molecule has 0 saturated carbocycles. The summed E-state index contributed by atoms with van der Waals surface area (Å²) in [6, 6.07) is 0.389. The summed E-state index contributed by atoms with van der Waals surface area (Å²) in [5, 5.41) is 6.50. The molecule has 0 aromatic carbocycles. The SMILES string of the molecule is CCOC(/C=N/N1CCC[C@H]1COC)OCC. The quantitative estimate of drug-likeness (QED) is 0.479. The van der Waals surface area contributed by atoms with Crippen LogP contribution in [0.25, 0.3) is 0 Å². The van der Waals surface area contributed by atoms with E-state index in [1.54, 1.807) is 13.3 Å². The van der Waals surface area contributed by atoms with Gasteiger partial charge in [0.1, 0.15) is 0 Å². The molecule has 5 nitrogen and oxygen atoms in total. The van der Waals surface area contributed by atoms with Crippen molar-refractivity contribution in [2.75, 3.05) is 33.5 Å². The van der Waals surface area contributed by atoms with Crippen LogP contribution in [0.15, 0.2) is 5.10 Å². The predicted octanol–water partition coefficient (Wildman–Crippen LogP) is 1.48. The molecule has 1 atom stereocenters. The van der Waals surface area contributed by atoms with Crippen LogP contribution < -0.4 is 0 Å². The maximum absolute atomic E-state index is 5.41. The highest BCUT2D eigenvalue weighted by Crippen LogP contribution is 2.17. The van der Waals surface area contributed by atoms with Crippen molar-refractivity contribution in [2.45, 2.75) is 39.0 Å². The molecule has 0 spiro atoms. The highest BCUT2D eigenvalue weighted by molar-refractivity contribution is 5.60. The first-order valence-electron chi connectivity index (χ1n) is 6.34. The Balaban J connectivity index is 2.43. The summed E-state index contributed by atoms with van der Waals surface area (Å²) in [6.07, 6.45) is 3.70. The lowest BCUT2D eigenvalue weighted by molar-refractivity contribution is -0.0876. The number of hydrogen-bond acceptors (Lipinski definition) is 5. The largest absolute Gasteiger partial charge is 0.382 e. The molecule has 0 aliphatic carbocycles. The molecular weight excluding hydrogens is 220 g/mol. The Morgan fingerprint density at radius 3 is 2.65 bits per heavy atom. The smallest absolute Gasteiger partial charge is 0.195 e. The third-order valence-corrected chi connectivity index (χ3v) is 2.70. The molecule has 0 N–H and O–H groups in total. The van der Waals surface area contributed by atoms with Crippen molar-refractivity contribution in [1.29, 1.82) is 0 Å². The average molecular weight is 244 g/mol. The normalized spacial score (nSPS) is 20.9. The summed E-state index contributed by atoms with van der Waals surface area (Å²) in [4.78, 5) is 0. The van der Waals surface area contributed by atoms with Crippen molar-refractivity contribution < 1.29 is 14.2 Å². The van der Waals surface area contributed by atoms with Crippen LogP contribution >= 0.6 is 0 Å². The van der Waals surface area contributed by atoms with Gasteiger partial charge in [0.2, 0.25) is 0 Å². The molecular formula is C12H24N2O3. The van der Waals surface area contributed by atoms with Gasteiger partial charge in [0.25, 0.3) is 0 Å². The molecule has 0 radical (unpaired) electrons. The zero-order valence-electron chi connectivity index (χ0n) is 11.1. The molecule has 1 fully saturated rings. The van der Waals surface area contributed by atoms with E-state index in [0.717, 1.165) is 19.6 Å². The molecule has 1 aliphatic rings. The number of hydrazone groups is 1. The van der Waals surface area contributed by atoms with E-state index in [9.17, 15) is 0 Å². The number of rotatable bonds is 8. The topological polar surface area (TPSA) is 43.3 Å². The van der Waals surface area contributed by atoms with E-state index in [-0.39, 0.29) is 6.29 Å². The minimum Gasteiger partial charge on any atom is -0.382 e. The first-order chi connectivity index (χ1) is 8.31. The Labute approximate surface area is 104 Å². The first kappa shape index (κ1) is 14.4. The van der Waals surface area contributed by atoms with E-state index < -0.39 is 0 Å². The Kier molecular flexibility index (Phi) is 7.16. The van der Waals surface area contributed by atoms with Crippen molar-refractivity contribution in [3.05, 3.63) is 0 Å². The number of hydrogen-bond donors (Lipinski definition) is 0. The fraction of sp³-hybridized carbons (Fsp3) is 0.917. The standard InChI is InChI=1S/C12H24N2O3/c1-4-16-12(17-5-2)9-13-14-8-6-7-11(14)10-15-3/h9,11-12H,4-8,10H2,1-3H3/b13-9+/t11-/m0/s1. The van der Waals surface area contributed by atoms with E-state index >= 15 is 0 Å². The molecule has 0 unspecified atom stereocenters. The van der Waals surface area contributed by atoms with Crippen molar-refractivity contribution in [1.82, 2.24) is 5.01 Å². The van der Waals surface area contributed by atoms with Crippen LogP contribution in [0.5, 0.6) is 0 Å². The maximum Gasteiger partial charge on any atom is 0.195 e. The third kappa shape index (κ3) is 5.02. The van der Waals surface area contributed by atoms with Gasteiger partial charge < -0.3 is 14.2 Å². The number of methoxy groups -OCH3 is 1. The second-order valence-electron chi connectivity index (χ2n) is 3.96. The molecule has 1 saturated heterocycles. The molecule has 0 bridgehead atoms. The summed E-state index contributed by atoms with van der Waals surface area (Å²) in [6.45, 7) is 6.85. The first-order valence-corrected chi connectivity index (χ1v) is 6.34. The second kappa shape index (κ2) is 8.44. The van der Waals surface area contributed by atoms with Crippen molar-refractivity contribution in [2.24, 2.45) is 5.10 Å². The minimum atomic E-state index is -0.339. The third-order valence-electron chi connectivity index (χ3n) is 2.70. The summed E-state index contributed by atoms with van der Waals surface area (Å²) < 4.78 is 16.0. The highest BCUT2D eigenvalue weighted by atomic mass is 16.7. The second-order valence-corrected chi connectivity index (χ2v) is 3.96. The number of ether oxygens (including phenoxy) is 3. The van der Waals surface area contributed by atoms with Gasteiger partial charge in [-0.25, -0.2) is 0 Å². The predicted molar refractivity (Wildman–Crippen MR) is 67.1 cm³/mol. The summed E-state index contributed by atoms with van der Waals surface area (Å²) >= 11 is 0. The van der Waals surface area contributed by atoms with Crippen LogP contribution in [0.4, 0.5) is 0 Å². The van der Waals surface area contributed by atoms with E-state index in [4.69, 9.17) is 14.2 Å². The van der Waals surface area contributed by atoms with Gasteiger partial charge in [-0.3, -0.25) is 5.01 Å². The fourth-order valence-corrected chi connectivity index (χ4v) is 1.94. The monoisotopic (exact) mass is 244 g/mol. The zero-order valence-corrected chi connectivity index (χ0v) is 11.1. The van der Waals surface area contributed by atoms with Gasteiger partial charge in [-0.2, -0.15) is 5.10 Å². The molecule has 17 heavy (non-hydrogen) atoms. The lowest BCUT2D eigenvalue weighted by Crippen LogP contribution is -2.30. The molecule has 0 amide bonds. The van der Waals surface area contributed by atoms with Gasteiger partial charge in [-0.05, 0) is 26.7 Å². The van der Waals surface area contributed by atoms with Crippen LogP contribution in [0.1, 0.15) is 26.7 Å². The number of nitrogens with zero attached hydrogens (tertiary/aromatic N) is 2. The Hall–Kier alpha value is -0.650. The van der Waals surface area contributed by atoms with Gasteiger partial charge >= 0.3 is 0 Å². The Morgan fingerprint density at radius 2 is 2.06 bits per heavy atom. The highest BCUT2D eigenvalue weighted by Gasteiger charge is 2.22. The van der Waals surface area contributed by atoms with Crippen molar-refractivity contribution in [3.8, 4) is 0 Å². The molecule has 5 heteroatoms. The van der Waals surface area contributed by atoms with Gasteiger partial charge in [0, 0.05) is 26.9 Å². The van der Waals surface area contributed by atoms with Gasteiger partial charge in [-0.1, -0.05) is 0 Å². The lowest BCUT2D eigenvalue weighted by atomic mass is 10.2. The molecule has 0 aromatic heterocycles. The fourth-order valence-electron chi connectivity index (χ4n) is 1.94. The van der Waals surface area contributed by atoms with Crippen molar-refractivity contribution in [3.63, 3.8) is 0 Å².